The Hall–Kier alpha value is -2.02. The number of benzene rings is 1. The van der Waals surface area contributed by atoms with Crippen LogP contribution in [0.5, 0.6) is 5.75 Å². The molecule has 0 spiro atoms. The molecule has 0 heterocycles. The van der Waals surface area contributed by atoms with Crippen LogP contribution in [0.3, 0.4) is 0 Å². The van der Waals surface area contributed by atoms with Gasteiger partial charge >= 0.3 is 0 Å². The summed E-state index contributed by atoms with van der Waals surface area (Å²) in [6.07, 6.45) is 2.43. The van der Waals surface area contributed by atoms with Gasteiger partial charge in [0.1, 0.15) is 5.75 Å². The average Bonchev–Trinajstić information content (AvgIpc) is 3.18. The van der Waals surface area contributed by atoms with Crippen LogP contribution in [0.15, 0.2) is 24.3 Å². The Balaban J connectivity index is 1.76. The van der Waals surface area contributed by atoms with Crippen LogP contribution in [0.25, 0.3) is 0 Å². The standard InChI is InChI=1S/C13H14N2O2/c14-7-11-2-1-3-12(6-11)17-9-13(16)15-8-10-4-5-10/h1-3,6,10H,4-5,8-9H2,(H,15,16). The summed E-state index contributed by atoms with van der Waals surface area (Å²) in [5.41, 5.74) is 0.529. The van der Waals surface area contributed by atoms with Gasteiger partial charge in [0, 0.05) is 6.54 Å². The predicted molar refractivity (Wildman–Crippen MR) is 62.4 cm³/mol. The van der Waals surface area contributed by atoms with Crippen molar-refractivity contribution in [2.75, 3.05) is 13.2 Å². The van der Waals surface area contributed by atoms with E-state index < -0.39 is 0 Å². The van der Waals surface area contributed by atoms with Crippen LogP contribution in [0, 0.1) is 17.2 Å². The van der Waals surface area contributed by atoms with Gasteiger partial charge in [0.15, 0.2) is 6.61 Å². The third-order valence-corrected chi connectivity index (χ3v) is 2.62. The van der Waals surface area contributed by atoms with E-state index in [0.29, 0.717) is 17.2 Å². The van der Waals surface area contributed by atoms with Crippen molar-refractivity contribution in [1.29, 1.82) is 5.26 Å². The van der Waals surface area contributed by atoms with Crippen LogP contribution in [-0.2, 0) is 4.79 Å². The number of ether oxygens (including phenoxy) is 1. The molecule has 1 aliphatic rings. The highest BCUT2D eigenvalue weighted by Gasteiger charge is 2.21. The minimum absolute atomic E-state index is 0.00159. The fourth-order valence-corrected chi connectivity index (χ4v) is 1.44. The summed E-state index contributed by atoms with van der Waals surface area (Å²) >= 11 is 0. The summed E-state index contributed by atoms with van der Waals surface area (Å²) in [5, 5.41) is 11.5. The molecule has 88 valence electrons. The van der Waals surface area contributed by atoms with E-state index in [1.807, 2.05) is 6.07 Å². The molecule has 4 nitrogen and oxygen atoms in total. The van der Waals surface area contributed by atoms with Crippen molar-refractivity contribution in [3.63, 3.8) is 0 Å². The van der Waals surface area contributed by atoms with Gasteiger partial charge < -0.3 is 10.1 Å². The summed E-state index contributed by atoms with van der Waals surface area (Å²) in [5.74, 6) is 1.10. The maximum atomic E-state index is 11.4. The molecule has 0 unspecified atom stereocenters. The summed E-state index contributed by atoms with van der Waals surface area (Å²) < 4.78 is 5.30. The van der Waals surface area contributed by atoms with Gasteiger partial charge in [0.2, 0.25) is 0 Å². The number of carbonyl (C=O) groups excluding carboxylic acids is 1. The Bertz CT molecular complexity index is 447. The van der Waals surface area contributed by atoms with Gasteiger partial charge in [-0.1, -0.05) is 6.07 Å². The van der Waals surface area contributed by atoms with Crippen molar-refractivity contribution in [2.24, 2.45) is 5.92 Å². The molecule has 0 radical (unpaired) electrons. The van der Waals surface area contributed by atoms with Crippen LogP contribution in [0.4, 0.5) is 0 Å². The van der Waals surface area contributed by atoms with Crippen molar-refractivity contribution < 1.29 is 9.53 Å². The molecule has 2 rings (SSSR count). The number of nitrogens with one attached hydrogen (secondary N) is 1. The first-order chi connectivity index (χ1) is 8.28. The number of carbonyl (C=O) groups is 1. The number of hydrogen-bond acceptors (Lipinski definition) is 3. The lowest BCUT2D eigenvalue weighted by atomic mass is 10.2. The van der Waals surface area contributed by atoms with Crippen molar-refractivity contribution in [3.05, 3.63) is 29.8 Å². The topological polar surface area (TPSA) is 62.1 Å². The average molecular weight is 230 g/mol. The Kier molecular flexibility index (Phi) is 3.61. The van der Waals surface area contributed by atoms with Gasteiger partial charge in [0.25, 0.3) is 5.91 Å². The summed E-state index contributed by atoms with van der Waals surface area (Å²) in [4.78, 5) is 11.4. The molecule has 1 N–H and O–H groups in total. The molecule has 1 saturated carbocycles. The van der Waals surface area contributed by atoms with Crippen molar-refractivity contribution >= 4 is 5.91 Å². The molecular weight excluding hydrogens is 216 g/mol. The molecule has 1 amide bonds. The van der Waals surface area contributed by atoms with Crippen LogP contribution in [-0.4, -0.2) is 19.1 Å². The minimum atomic E-state index is -0.112. The lowest BCUT2D eigenvalue weighted by Crippen LogP contribution is -2.30. The number of amides is 1. The van der Waals surface area contributed by atoms with E-state index in [4.69, 9.17) is 10.00 Å². The lowest BCUT2D eigenvalue weighted by molar-refractivity contribution is -0.123. The van der Waals surface area contributed by atoms with Gasteiger partial charge in [-0.2, -0.15) is 5.26 Å². The van der Waals surface area contributed by atoms with Crippen molar-refractivity contribution in [2.45, 2.75) is 12.8 Å². The second-order valence-corrected chi connectivity index (χ2v) is 4.18. The molecule has 4 heteroatoms. The maximum absolute atomic E-state index is 11.4. The van der Waals surface area contributed by atoms with Gasteiger partial charge in [-0.25, -0.2) is 0 Å². The zero-order valence-electron chi connectivity index (χ0n) is 9.48. The molecule has 1 aromatic rings. The van der Waals surface area contributed by atoms with E-state index in [-0.39, 0.29) is 12.5 Å². The molecule has 1 aromatic carbocycles. The molecule has 17 heavy (non-hydrogen) atoms. The largest absolute Gasteiger partial charge is 0.484 e. The van der Waals surface area contributed by atoms with E-state index in [2.05, 4.69) is 5.32 Å². The first kappa shape index (κ1) is 11.5. The Morgan fingerprint density at radius 2 is 2.35 bits per heavy atom. The quantitative estimate of drug-likeness (QED) is 0.833. The fraction of sp³-hybridized carbons (Fsp3) is 0.385. The summed E-state index contributed by atoms with van der Waals surface area (Å²) in [6.45, 7) is 0.752. The Morgan fingerprint density at radius 3 is 3.06 bits per heavy atom. The van der Waals surface area contributed by atoms with E-state index in [9.17, 15) is 4.79 Å². The summed E-state index contributed by atoms with van der Waals surface area (Å²) in [6, 6.07) is 8.80. The molecule has 0 atom stereocenters. The zero-order valence-corrected chi connectivity index (χ0v) is 9.48. The van der Waals surface area contributed by atoms with Gasteiger partial charge in [0.05, 0.1) is 11.6 Å². The van der Waals surface area contributed by atoms with E-state index >= 15 is 0 Å². The first-order valence-corrected chi connectivity index (χ1v) is 5.67. The van der Waals surface area contributed by atoms with Gasteiger partial charge in [-0.05, 0) is 37.0 Å². The van der Waals surface area contributed by atoms with E-state index in [1.165, 1.54) is 12.8 Å². The molecule has 1 aliphatic carbocycles. The number of nitriles is 1. The molecule has 0 aliphatic heterocycles. The van der Waals surface area contributed by atoms with Crippen molar-refractivity contribution in [3.8, 4) is 11.8 Å². The second kappa shape index (κ2) is 5.35. The van der Waals surface area contributed by atoms with E-state index in [0.717, 1.165) is 6.54 Å². The smallest absolute Gasteiger partial charge is 0.257 e. The molecule has 0 aromatic heterocycles. The van der Waals surface area contributed by atoms with Crippen molar-refractivity contribution in [1.82, 2.24) is 5.32 Å². The SMILES string of the molecule is N#Cc1cccc(OCC(=O)NCC2CC2)c1. The monoisotopic (exact) mass is 230 g/mol. The highest BCUT2D eigenvalue weighted by atomic mass is 16.5. The lowest BCUT2D eigenvalue weighted by Gasteiger charge is -2.06. The van der Waals surface area contributed by atoms with Gasteiger partial charge in [-0.3, -0.25) is 4.79 Å². The van der Waals surface area contributed by atoms with Crippen LogP contribution in [0.2, 0.25) is 0 Å². The van der Waals surface area contributed by atoms with Crippen LogP contribution in [0.1, 0.15) is 18.4 Å². The zero-order chi connectivity index (χ0) is 12.1. The number of nitrogens with zero attached hydrogens (tertiary/aromatic N) is 1. The highest BCUT2D eigenvalue weighted by Crippen LogP contribution is 2.27. The Labute approximate surface area is 100 Å². The molecular formula is C13H14N2O2. The predicted octanol–water partition coefficient (Wildman–Crippen LogP) is 1.46. The minimum Gasteiger partial charge on any atom is -0.484 e. The third kappa shape index (κ3) is 3.80. The first-order valence-electron chi connectivity index (χ1n) is 5.67. The maximum Gasteiger partial charge on any atom is 0.257 e. The Morgan fingerprint density at radius 1 is 1.53 bits per heavy atom. The van der Waals surface area contributed by atoms with Crippen LogP contribution >= 0.6 is 0 Å². The van der Waals surface area contributed by atoms with E-state index in [1.54, 1.807) is 24.3 Å². The third-order valence-electron chi connectivity index (χ3n) is 2.62. The molecule has 1 fully saturated rings. The number of rotatable bonds is 5. The molecule has 0 bridgehead atoms. The number of hydrogen-bond donors (Lipinski definition) is 1. The normalized spacial score (nSPS) is 13.8. The highest BCUT2D eigenvalue weighted by molar-refractivity contribution is 5.77. The fourth-order valence-electron chi connectivity index (χ4n) is 1.44. The molecule has 0 saturated heterocycles. The van der Waals surface area contributed by atoms with Crippen LogP contribution < -0.4 is 10.1 Å². The second-order valence-electron chi connectivity index (χ2n) is 4.18. The van der Waals surface area contributed by atoms with Gasteiger partial charge in [-0.15, -0.1) is 0 Å². The summed E-state index contributed by atoms with van der Waals surface area (Å²) in [7, 11) is 0.